The molecule has 1 aromatic carbocycles. The maximum atomic E-state index is 11.4. The van der Waals surface area contributed by atoms with Crippen LogP contribution in [0.1, 0.15) is 64.0 Å². The van der Waals surface area contributed by atoms with Gasteiger partial charge in [-0.25, -0.2) is 4.98 Å². The molecule has 0 fully saturated rings. The second-order valence-corrected chi connectivity index (χ2v) is 6.58. The van der Waals surface area contributed by atoms with Gasteiger partial charge in [0.05, 0.1) is 11.9 Å². The summed E-state index contributed by atoms with van der Waals surface area (Å²) in [6, 6.07) is 10.2. The van der Waals surface area contributed by atoms with Crippen molar-refractivity contribution >= 4 is 23.1 Å². The minimum absolute atomic E-state index is 0.00948. The summed E-state index contributed by atoms with van der Waals surface area (Å²) in [7, 11) is 0. The molecule has 1 heterocycles. The van der Waals surface area contributed by atoms with Crippen molar-refractivity contribution in [2.24, 2.45) is 0 Å². The average molecular weight is 325 g/mol. The third-order valence-electron chi connectivity index (χ3n) is 3.99. The van der Waals surface area contributed by atoms with Crippen LogP contribution in [-0.4, -0.2) is 10.9 Å². The molecule has 1 amide bonds. The monoisotopic (exact) mass is 325 g/mol. The maximum absolute atomic E-state index is 11.4. The molecule has 0 saturated carbocycles. The first kappa shape index (κ1) is 18.0. The summed E-state index contributed by atoms with van der Waals surface area (Å²) in [5.74, 6) is 1.62. The number of hydrogen-bond acceptors (Lipinski definition) is 3. The number of benzene rings is 1. The van der Waals surface area contributed by atoms with E-state index in [9.17, 15) is 4.79 Å². The molecule has 0 spiro atoms. The molecule has 0 atom stereocenters. The molecular formula is C20H27N3O. The quantitative estimate of drug-likeness (QED) is 0.745. The van der Waals surface area contributed by atoms with E-state index < -0.39 is 0 Å². The van der Waals surface area contributed by atoms with Gasteiger partial charge in [-0.15, -0.1) is 0 Å². The third-order valence-corrected chi connectivity index (χ3v) is 3.99. The van der Waals surface area contributed by atoms with E-state index in [1.54, 1.807) is 6.20 Å². The normalized spacial score (nSPS) is 11.0. The van der Waals surface area contributed by atoms with Crippen LogP contribution >= 0.6 is 0 Å². The van der Waals surface area contributed by atoms with Crippen molar-refractivity contribution in [3.8, 4) is 0 Å². The van der Waals surface area contributed by atoms with Crippen molar-refractivity contribution in [1.82, 2.24) is 4.98 Å². The van der Waals surface area contributed by atoms with Crippen LogP contribution < -0.4 is 10.6 Å². The second-order valence-electron chi connectivity index (χ2n) is 6.58. The predicted molar refractivity (Wildman–Crippen MR) is 101 cm³/mol. The number of amides is 1. The predicted octanol–water partition coefficient (Wildman–Crippen LogP) is 5.42. The van der Waals surface area contributed by atoms with Crippen LogP contribution in [0.4, 0.5) is 17.2 Å². The van der Waals surface area contributed by atoms with Gasteiger partial charge in [-0.05, 0) is 35.1 Å². The summed E-state index contributed by atoms with van der Waals surface area (Å²) in [5.41, 5.74) is 4.42. The van der Waals surface area contributed by atoms with Crippen molar-refractivity contribution in [2.75, 3.05) is 10.6 Å². The zero-order valence-electron chi connectivity index (χ0n) is 15.2. The molecule has 4 nitrogen and oxygen atoms in total. The Labute approximate surface area is 144 Å². The Morgan fingerprint density at radius 3 is 2.12 bits per heavy atom. The minimum Gasteiger partial charge on any atom is -0.340 e. The fraction of sp³-hybridized carbons (Fsp3) is 0.400. The van der Waals surface area contributed by atoms with Crippen molar-refractivity contribution in [3.63, 3.8) is 0 Å². The molecule has 1 aromatic heterocycles. The van der Waals surface area contributed by atoms with Crippen molar-refractivity contribution in [2.45, 2.75) is 52.9 Å². The van der Waals surface area contributed by atoms with Crippen molar-refractivity contribution in [3.05, 3.63) is 47.7 Å². The van der Waals surface area contributed by atoms with Crippen molar-refractivity contribution < 1.29 is 4.79 Å². The molecule has 0 unspecified atom stereocenters. The van der Waals surface area contributed by atoms with Gasteiger partial charge in [0.2, 0.25) is 5.91 Å². The minimum atomic E-state index is -0.00948. The lowest BCUT2D eigenvalue weighted by molar-refractivity contribution is -0.115. The van der Waals surface area contributed by atoms with Crippen LogP contribution in [0.5, 0.6) is 0 Å². The van der Waals surface area contributed by atoms with E-state index in [-0.39, 0.29) is 5.91 Å². The average Bonchev–Trinajstić information content (AvgIpc) is 2.56. The van der Waals surface area contributed by atoms with Crippen LogP contribution in [-0.2, 0) is 4.79 Å². The highest BCUT2D eigenvalue weighted by Gasteiger charge is 2.14. The number of pyridine rings is 1. The standard InChI is InChI=1S/C20H27N3O/c1-6-19(24)22-15-10-11-18(21-12-15)23-20-16(13(2)3)8-7-9-17(20)14(4)5/h7-14H,6H2,1-5H3,(H,21,23)(H,22,24). The van der Waals surface area contributed by atoms with Crippen LogP contribution in [0.2, 0.25) is 0 Å². The van der Waals surface area contributed by atoms with Crippen LogP contribution in [0, 0.1) is 0 Å². The largest absolute Gasteiger partial charge is 0.340 e. The summed E-state index contributed by atoms with van der Waals surface area (Å²) in [5, 5.41) is 6.29. The molecule has 2 N–H and O–H groups in total. The lowest BCUT2D eigenvalue weighted by atomic mass is 9.92. The number of nitrogens with zero attached hydrogens (tertiary/aromatic N) is 1. The van der Waals surface area contributed by atoms with Gasteiger partial charge < -0.3 is 10.6 Å². The van der Waals surface area contributed by atoms with Gasteiger partial charge in [0.15, 0.2) is 0 Å². The highest BCUT2D eigenvalue weighted by Crippen LogP contribution is 2.34. The van der Waals surface area contributed by atoms with E-state index in [0.717, 1.165) is 11.5 Å². The summed E-state index contributed by atoms with van der Waals surface area (Å²) in [6.07, 6.45) is 2.14. The Morgan fingerprint density at radius 1 is 1.04 bits per heavy atom. The number of aromatic nitrogens is 1. The summed E-state index contributed by atoms with van der Waals surface area (Å²) < 4.78 is 0. The van der Waals surface area contributed by atoms with Crippen LogP contribution in [0.25, 0.3) is 0 Å². The molecule has 0 radical (unpaired) electrons. The Bertz CT molecular complexity index is 664. The van der Waals surface area contributed by atoms with Gasteiger partial charge in [0.1, 0.15) is 5.82 Å². The highest BCUT2D eigenvalue weighted by molar-refractivity contribution is 5.90. The number of carbonyl (C=O) groups excluding carboxylic acids is 1. The van der Waals surface area contributed by atoms with Gasteiger partial charge in [0, 0.05) is 12.1 Å². The van der Waals surface area contributed by atoms with E-state index in [4.69, 9.17) is 0 Å². The highest BCUT2D eigenvalue weighted by atomic mass is 16.1. The van der Waals surface area contributed by atoms with E-state index in [1.165, 1.54) is 11.1 Å². The molecule has 128 valence electrons. The molecule has 0 saturated heterocycles. The number of nitrogens with one attached hydrogen (secondary N) is 2. The molecule has 4 heteroatoms. The molecule has 2 aromatic rings. The van der Waals surface area contributed by atoms with Crippen LogP contribution in [0.3, 0.4) is 0 Å². The Hall–Kier alpha value is -2.36. The molecule has 0 aliphatic carbocycles. The molecule has 24 heavy (non-hydrogen) atoms. The Kier molecular flexibility index (Phi) is 5.96. The van der Waals surface area contributed by atoms with Crippen LogP contribution in [0.15, 0.2) is 36.5 Å². The van der Waals surface area contributed by atoms with E-state index in [0.29, 0.717) is 23.9 Å². The molecule has 2 rings (SSSR count). The molecule has 0 bridgehead atoms. The number of hydrogen-bond donors (Lipinski definition) is 2. The lowest BCUT2D eigenvalue weighted by Gasteiger charge is -2.20. The first-order valence-corrected chi connectivity index (χ1v) is 8.58. The van der Waals surface area contributed by atoms with E-state index in [2.05, 4.69) is 61.5 Å². The van der Waals surface area contributed by atoms with E-state index >= 15 is 0 Å². The fourth-order valence-electron chi connectivity index (χ4n) is 2.61. The molecular weight excluding hydrogens is 298 g/mol. The van der Waals surface area contributed by atoms with Gasteiger partial charge in [0.25, 0.3) is 0 Å². The van der Waals surface area contributed by atoms with Gasteiger partial charge in [-0.3, -0.25) is 4.79 Å². The maximum Gasteiger partial charge on any atom is 0.224 e. The second kappa shape index (κ2) is 7.95. The smallest absolute Gasteiger partial charge is 0.224 e. The van der Waals surface area contributed by atoms with Gasteiger partial charge in [-0.1, -0.05) is 52.8 Å². The SMILES string of the molecule is CCC(=O)Nc1ccc(Nc2c(C(C)C)cccc2C(C)C)nc1. The number of rotatable bonds is 6. The van der Waals surface area contributed by atoms with Gasteiger partial charge in [-0.2, -0.15) is 0 Å². The Balaban J connectivity index is 2.28. The fourth-order valence-corrected chi connectivity index (χ4v) is 2.61. The van der Waals surface area contributed by atoms with Gasteiger partial charge >= 0.3 is 0 Å². The van der Waals surface area contributed by atoms with Crippen molar-refractivity contribution in [1.29, 1.82) is 0 Å². The summed E-state index contributed by atoms with van der Waals surface area (Å²) in [4.78, 5) is 15.9. The lowest BCUT2D eigenvalue weighted by Crippen LogP contribution is -2.10. The molecule has 0 aliphatic heterocycles. The first-order chi connectivity index (χ1) is 11.4. The number of para-hydroxylation sites is 1. The summed E-state index contributed by atoms with van der Waals surface area (Å²) in [6.45, 7) is 10.6. The zero-order valence-corrected chi connectivity index (χ0v) is 15.2. The Morgan fingerprint density at radius 2 is 1.67 bits per heavy atom. The number of anilines is 3. The zero-order chi connectivity index (χ0) is 17.7. The summed E-state index contributed by atoms with van der Waals surface area (Å²) >= 11 is 0. The number of carbonyl (C=O) groups is 1. The molecule has 0 aliphatic rings. The van der Waals surface area contributed by atoms with E-state index in [1.807, 2.05) is 19.1 Å². The third kappa shape index (κ3) is 4.34. The topological polar surface area (TPSA) is 54.0 Å². The first-order valence-electron chi connectivity index (χ1n) is 8.58.